The van der Waals surface area contributed by atoms with E-state index < -0.39 is 20.5 Å². The molecular formula is C9H22O3SSeSi. The Morgan fingerprint density at radius 1 is 1.07 bits per heavy atom. The Hall–Kier alpha value is 0.966. The molecule has 3 nitrogen and oxygen atoms in total. The van der Waals surface area contributed by atoms with Crippen LogP contribution in [0, 0.1) is 0 Å². The summed E-state index contributed by atoms with van der Waals surface area (Å²) in [5.74, 6) is 0.917. The predicted octanol–water partition coefficient (Wildman–Crippen LogP) is 1.97. The first-order chi connectivity index (χ1) is 7.29. The fraction of sp³-hybridized carbons (Fsp3) is 1.00. The van der Waals surface area contributed by atoms with E-state index in [-0.39, 0.29) is 0 Å². The Balaban J connectivity index is 4.45. The normalized spacial score (nSPS) is 12.8. The fourth-order valence-electron chi connectivity index (χ4n) is 0.937. The zero-order valence-corrected chi connectivity index (χ0v) is 13.4. The Bertz CT molecular complexity index is 182. The van der Waals surface area contributed by atoms with Gasteiger partial charge in [-0.2, -0.15) is 0 Å². The first-order valence-electron chi connectivity index (χ1n) is 5.37. The zero-order valence-electron chi connectivity index (χ0n) is 9.82. The summed E-state index contributed by atoms with van der Waals surface area (Å²) in [4.78, 5) is 0. The molecular weight excluding hydrogens is 295 g/mol. The summed E-state index contributed by atoms with van der Waals surface area (Å²) in [6, 6.07) is 0. The quantitative estimate of drug-likeness (QED) is 0.520. The molecule has 0 bridgehead atoms. The van der Waals surface area contributed by atoms with Crippen LogP contribution in [0.4, 0.5) is 0 Å². The van der Waals surface area contributed by atoms with E-state index in [9.17, 15) is 0 Å². The molecule has 1 unspecified atom stereocenters. The molecule has 0 N–H and O–H groups in total. The zero-order chi connectivity index (χ0) is 11.5. The molecule has 0 aliphatic rings. The van der Waals surface area contributed by atoms with E-state index in [2.05, 4.69) is 12.6 Å². The van der Waals surface area contributed by atoms with E-state index in [0.717, 1.165) is 37.3 Å². The summed E-state index contributed by atoms with van der Waals surface area (Å²) >= 11 is 3.08. The minimum absolute atomic E-state index is 0.724. The van der Waals surface area contributed by atoms with E-state index in [1.54, 1.807) is 0 Å². The van der Waals surface area contributed by atoms with E-state index in [0.29, 0.717) is 0 Å². The van der Waals surface area contributed by atoms with Crippen LogP contribution in [0.2, 0.25) is 5.32 Å². The Labute approximate surface area is 104 Å². The van der Waals surface area contributed by atoms with Gasteiger partial charge in [-0.25, -0.2) is 0 Å². The average molecular weight is 317 g/mol. The van der Waals surface area contributed by atoms with E-state index in [1.807, 2.05) is 20.8 Å². The second-order valence-electron chi connectivity index (χ2n) is 2.65. The first-order valence-corrected chi connectivity index (χ1v) is 11.7. The van der Waals surface area contributed by atoms with Gasteiger partial charge in [0.25, 0.3) is 0 Å². The van der Waals surface area contributed by atoms with Crippen molar-refractivity contribution < 1.29 is 12.7 Å². The molecule has 0 aliphatic heterocycles. The molecule has 15 heavy (non-hydrogen) atoms. The van der Waals surface area contributed by atoms with Gasteiger partial charge in [-0.3, -0.25) is 0 Å². The Morgan fingerprint density at radius 3 is 2.07 bits per heavy atom. The van der Waals surface area contributed by atoms with Crippen molar-refractivity contribution in [1.29, 1.82) is 0 Å². The molecule has 0 heterocycles. The van der Waals surface area contributed by atoms with Gasteiger partial charge in [0, 0.05) is 0 Å². The van der Waals surface area contributed by atoms with Gasteiger partial charge in [0.2, 0.25) is 0 Å². The van der Waals surface area contributed by atoms with Crippen LogP contribution < -0.4 is 0 Å². The summed E-state index contributed by atoms with van der Waals surface area (Å²) in [7, 11) is -1.15. The van der Waals surface area contributed by atoms with Gasteiger partial charge in [-0.1, -0.05) is 0 Å². The minimum atomic E-state index is -1.15. The summed E-state index contributed by atoms with van der Waals surface area (Å²) < 4.78 is 17.2. The summed E-state index contributed by atoms with van der Waals surface area (Å²) in [5.41, 5.74) is 0. The van der Waals surface area contributed by atoms with Crippen molar-refractivity contribution in [3.8, 4) is 0 Å². The molecule has 0 aromatic rings. The van der Waals surface area contributed by atoms with Crippen molar-refractivity contribution in [2.24, 2.45) is 0 Å². The molecule has 0 radical (unpaired) electrons. The van der Waals surface area contributed by atoms with E-state index >= 15 is 0 Å². The number of thiol groups is 1. The molecule has 0 aromatic carbocycles. The molecule has 0 spiro atoms. The molecule has 0 saturated heterocycles. The third-order valence-corrected chi connectivity index (χ3v) is 11.2. The maximum atomic E-state index is 5.80. The van der Waals surface area contributed by atoms with Crippen LogP contribution in [0.5, 0.6) is 0 Å². The van der Waals surface area contributed by atoms with Gasteiger partial charge in [0.05, 0.1) is 0 Å². The average Bonchev–Trinajstić information content (AvgIpc) is 2.24. The molecule has 0 saturated carbocycles. The van der Waals surface area contributed by atoms with Gasteiger partial charge in [-0.15, -0.1) is 0 Å². The third-order valence-electron chi connectivity index (χ3n) is 1.46. The van der Waals surface area contributed by atoms with Crippen LogP contribution in [-0.2, 0) is 12.7 Å². The summed E-state index contributed by atoms with van der Waals surface area (Å²) in [6.07, 6.45) is 1.10. The van der Waals surface area contributed by atoms with Crippen molar-refractivity contribution in [2.75, 3.05) is 25.6 Å². The molecule has 6 heteroatoms. The van der Waals surface area contributed by atoms with Crippen LogP contribution in [0.15, 0.2) is 0 Å². The van der Waals surface area contributed by atoms with Gasteiger partial charge in [0.1, 0.15) is 0 Å². The van der Waals surface area contributed by atoms with Crippen molar-refractivity contribution in [3.63, 3.8) is 0 Å². The predicted molar refractivity (Wildman–Crippen MR) is 69.7 cm³/mol. The monoisotopic (exact) mass is 318 g/mol. The van der Waals surface area contributed by atoms with Crippen molar-refractivity contribution >= 4 is 33.2 Å². The molecule has 92 valence electrons. The van der Waals surface area contributed by atoms with Crippen LogP contribution in [0.1, 0.15) is 27.2 Å². The van der Waals surface area contributed by atoms with Crippen LogP contribution in [0.3, 0.4) is 0 Å². The first kappa shape index (κ1) is 16.0. The molecule has 0 rings (SSSR count). The number of hydrogen-bond acceptors (Lipinski definition) is 4. The number of hydrogen-bond donors (Lipinski definition) is 1. The van der Waals surface area contributed by atoms with Gasteiger partial charge in [-0.05, 0) is 0 Å². The second-order valence-corrected chi connectivity index (χ2v) is 11.4. The van der Waals surface area contributed by atoms with Gasteiger partial charge in [0.15, 0.2) is 0 Å². The molecule has 0 fully saturated rings. The van der Waals surface area contributed by atoms with Crippen LogP contribution >= 0.6 is 12.6 Å². The van der Waals surface area contributed by atoms with E-state index in [1.165, 1.54) is 0 Å². The third kappa shape index (κ3) is 7.80. The van der Waals surface area contributed by atoms with Crippen molar-refractivity contribution in [1.82, 2.24) is 0 Å². The van der Waals surface area contributed by atoms with Gasteiger partial charge < -0.3 is 0 Å². The Kier molecular flexibility index (Phi) is 12.2. The molecule has 1 atom stereocenters. The molecule has 0 amide bonds. The van der Waals surface area contributed by atoms with Crippen LogP contribution in [-0.4, -0.2) is 46.1 Å². The van der Waals surface area contributed by atoms with Gasteiger partial charge >= 0.3 is 104 Å². The van der Waals surface area contributed by atoms with Crippen molar-refractivity contribution in [2.45, 2.75) is 32.5 Å². The van der Waals surface area contributed by atoms with Crippen LogP contribution in [0.25, 0.3) is 0 Å². The SMILES string of the molecule is CCO[Si](OCC)=[Se](CCCS)OCC. The standard InChI is InChI=1S/C9H22O3SSeSi/c1-4-10-14(9-7-8-13)15(11-5-2)12-6-3/h13H,4-9H2,1-3H3. The maximum absolute atomic E-state index is 5.80. The van der Waals surface area contributed by atoms with Crippen molar-refractivity contribution in [3.05, 3.63) is 0 Å². The number of rotatable bonds is 9. The second kappa shape index (κ2) is 11.5. The summed E-state index contributed by atoms with van der Waals surface area (Å²) in [5, 5.41) is 1.10. The molecule has 0 aromatic heterocycles. The van der Waals surface area contributed by atoms with E-state index in [4.69, 9.17) is 12.7 Å². The topological polar surface area (TPSA) is 27.7 Å². The summed E-state index contributed by atoms with van der Waals surface area (Å²) in [6.45, 7) is 8.28. The molecule has 0 aliphatic carbocycles. The fourth-order valence-corrected chi connectivity index (χ4v) is 10.5. The Morgan fingerprint density at radius 2 is 1.67 bits per heavy atom.